The summed E-state index contributed by atoms with van der Waals surface area (Å²) in [6.45, 7) is 7.10. The summed E-state index contributed by atoms with van der Waals surface area (Å²) in [5, 5.41) is 50.6. The Morgan fingerprint density at radius 3 is 2.34 bits per heavy atom. The van der Waals surface area contributed by atoms with E-state index in [2.05, 4.69) is 26.0 Å². The molecule has 0 amide bonds. The number of aliphatic hydroxyl groups is 5. The molecule has 32 heavy (non-hydrogen) atoms. The van der Waals surface area contributed by atoms with E-state index in [1.165, 1.54) is 25.8 Å². The van der Waals surface area contributed by atoms with Crippen molar-refractivity contribution in [1.82, 2.24) is 0 Å². The van der Waals surface area contributed by atoms with Gasteiger partial charge in [-0.05, 0) is 88.4 Å². The van der Waals surface area contributed by atoms with Crippen molar-refractivity contribution >= 4 is 0 Å². The van der Waals surface area contributed by atoms with E-state index in [0.717, 1.165) is 31.3 Å². The van der Waals surface area contributed by atoms with Gasteiger partial charge in [-0.25, -0.2) is 0 Å². The molecule has 182 valence electrons. The summed E-state index contributed by atoms with van der Waals surface area (Å²) >= 11 is 0. The van der Waals surface area contributed by atoms with Gasteiger partial charge >= 0.3 is 0 Å². The largest absolute Gasteiger partial charge is 0.393 e. The molecule has 3 rings (SSSR count). The molecule has 0 aromatic rings. The predicted molar refractivity (Wildman–Crippen MR) is 127 cm³/mol. The van der Waals surface area contributed by atoms with Gasteiger partial charge in [0, 0.05) is 0 Å². The Morgan fingerprint density at radius 2 is 1.75 bits per heavy atom. The number of hydrogen-bond donors (Lipinski definition) is 5. The highest BCUT2D eigenvalue weighted by molar-refractivity contribution is 5.26. The van der Waals surface area contributed by atoms with Gasteiger partial charge in [-0.3, -0.25) is 0 Å². The van der Waals surface area contributed by atoms with Crippen LogP contribution >= 0.6 is 0 Å². The Labute approximate surface area is 193 Å². The molecule has 0 aromatic heterocycles. The molecule has 0 aromatic carbocycles. The normalized spacial score (nSPS) is 39.4. The number of fused-ring (bicyclic) bond motifs is 1. The molecule has 5 heteroatoms. The molecule has 1 unspecified atom stereocenters. The predicted octanol–water partition coefficient (Wildman–Crippen LogP) is 3.65. The Bertz CT molecular complexity index is 736. The third-order valence-electron chi connectivity index (χ3n) is 8.72. The molecule has 7 atom stereocenters. The van der Waals surface area contributed by atoms with E-state index in [1.54, 1.807) is 6.08 Å². The molecule has 5 N–H and O–H groups in total. The molecule has 3 aliphatic rings. The molecule has 3 fully saturated rings. The molecular formula is C27H44O5. The van der Waals surface area contributed by atoms with E-state index in [9.17, 15) is 25.5 Å². The number of hydrogen-bond acceptors (Lipinski definition) is 5. The first-order chi connectivity index (χ1) is 14.9. The summed E-state index contributed by atoms with van der Waals surface area (Å²) in [6.07, 6.45) is 14.6. The highest BCUT2D eigenvalue weighted by Crippen LogP contribution is 2.59. The van der Waals surface area contributed by atoms with Gasteiger partial charge in [-0.2, -0.15) is 0 Å². The molecule has 3 aliphatic carbocycles. The Balaban J connectivity index is 1.76. The van der Waals surface area contributed by atoms with Crippen molar-refractivity contribution in [3.05, 3.63) is 35.5 Å². The van der Waals surface area contributed by atoms with E-state index >= 15 is 0 Å². The summed E-state index contributed by atoms with van der Waals surface area (Å²) in [6, 6.07) is 0. The Hall–Kier alpha value is -0.980. The van der Waals surface area contributed by atoms with Crippen LogP contribution in [0.4, 0.5) is 0 Å². The smallest absolute Gasteiger partial charge is 0.134 e. The van der Waals surface area contributed by atoms with Crippen LogP contribution in [0.3, 0.4) is 0 Å². The summed E-state index contributed by atoms with van der Waals surface area (Å²) in [5.74, 6) is 1.23. The second kappa shape index (κ2) is 9.71. The van der Waals surface area contributed by atoms with Crippen molar-refractivity contribution in [3.63, 3.8) is 0 Å². The van der Waals surface area contributed by atoms with Gasteiger partial charge in [-0.15, -0.1) is 0 Å². The van der Waals surface area contributed by atoms with Crippen molar-refractivity contribution in [2.75, 3.05) is 6.61 Å². The van der Waals surface area contributed by atoms with Crippen LogP contribution in [0, 0.1) is 23.2 Å². The van der Waals surface area contributed by atoms with E-state index in [-0.39, 0.29) is 11.3 Å². The summed E-state index contributed by atoms with van der Waals surface area (Å²) < 4.78 is 0. The van der Waals surface area contributed by atoms with Crippen molar-refractivity contribution in [3.8, 4) is 0 Å². The first-order valence-corrected chi connectivity index (χ1v) is 12.4. The lowest BCUT2D eigenvalue weighted by Gasteiger charge is -2.44. The fraction of sp³-hybridized carbons (Fsp3) is 0.778. The highest BCUT2D eigenvalue weighted by atomic mass is 16.4. The van der Waals surface area contributed by atoms with Crippen LogP contribution in [-0.2, 0) is 0 Å². The van der Waals surface area contributed by atoms with Crippen molar-refractivity contribution in [2.45, 2.75) is 102 Å². The lowest BCUT2D eigenvalue weighted by Crippen LogP contribution is -2.51. The number of allylic oxidation sites excluding steroid dienone is 4. The maximum absolute atomic E-state index is 10.7. The van der Waals surface area contributed by atoms with Crippen LogP contribution in [0.1, 0.15) is 79.1 Å². The minimum atomic E-state index is -1.65. The van der Waals surface area contributed by atoms with Gasteiger partial charge in [0.25, 0.3) is 0 Å². The summed E-state index contributed by atoms with van der Waals surface area (Å²) in [5.41, 5.74) is -0.267. The van der Waals surface area contributed by atoms with E-state index in [0.29, 0.717) is 31.1 Å². The minimum absolute atomic E-state index is 0.185. The van der Waals surface area contributed by atoms with Gasteiger partial charge < -0.3 is 25.5 Å². The van der Waals surface area contributed by atoms with Crippen LogP contribution < -0.4 is 0 Å². The second-order valence-corrected chi connectivity index (χ2v) is 11.5. The fourth-order valence-electron chi connectivity index (χ4n) is 6.57. The molecule has 3 saturated carbocycles. The third kappa shape index (κ3) is 5.23. The molecule has 5 nitrogen and oxygen atoms in total. The number of rotatable bonds is 6. The quantitative estimate of drug-likeness (QED) is 0.399. The highest BCUT2D eigenvalue weighted by Gasteiger charge is 2.50. The van der Waals surface area contributed by atoms with E-state index in [1.807, 2.05) is 6.08 Å². The van der Waals surface area contributed by atoms with E-state index < -0.39 is 30.0 Å². The zero-order valence-electron chi connectivity index (χ0n) is 20.3. The van der Waals surface area contributed by atoms with Crippen LogP contribution in [-0.4, -0.2) is 55.5 Å². The average Bonchev–Trinajstić information content (AvgIpc) is 3.06. The lowest BCUT2D eigenvalue weighted by atomic mass is 9.61. The third-order valence-corrected chi connectivity index (χ3v) is 8.72. The average molecular weight is 449 g/mol. The van der Waals surface area contributed by atoms with Crippen LogP contribution in [0.2, 0.25) is 0 Å². The Kier molecular flexibility index (Phi) is 7.78. The van der Waals surface area contributed by atoms with Crippen LogP contribution in [0.5, 0.6) is 0 Å². The monoisotopic (exact) mass is 448 g/mol. The van der Waals surface area contributed by atoms with Crippen molar-refractivity contribution in [2.24, 2.45) is 23.2 Å². The molecular weight excluding hydrogens is 404 g/mol. The maximum atomic E-state index is 10.7. The fourth-order valence-corrected chi connectivity index (χ4v) is 6.57. The summed E-state index contributed by atoms with van der Waals surface area (Å²) in [7, 11) is 0. The summed E-state index contributed by atoms with van der Waals surface area (Å²) in [4.78, 5) is 0. The zero-order valence-corrected chi connectivity index (χ0v) is 20.3. The van der Waals surface area contributed by atoms with Gasteiger partial charge in [0.15, 0.2) is 0 Å². The van der Waals surface area contributed by atoms with Crippen molar-refractivity contribution in [1.29, 1.82) is 0 Å². The maximum Gasteiger partial charge on any atom is 0.134 e. The van der Waals surface area contributed by atoms with Gasteiger partial charge in [-0.1, -0.05) is 49.3 Å². The molecule has 0 spiro atoms. The Morgan fingerprint density at radius 1 is 1.09 bits per heavy atom. The van der Waals surface area contributed by atoms with Gasteiger partial charge in [0.05, 0.1) is 24.4 Å². The van der Waals surface area contributed by atoms with Gasteiger partial charge in [0.2, 0.25) is 0 Å². The molecule has 0 heterocycles. The minimum Gasteiger partial charge on any atom is -0.393 e. The first-order valence-electron chi connectivity index (χ1n) is 12.4. The molecule has 0 bridgehead atoms. The molecule has 0 radical (unpaired) electrons. The second-order valence-electron chi connectivity index (χ2n) is 11.5. The SMILES string of the molecule is C[C@H](/C=C/[C@](O)(CO)C(C)(C)O)[C@H]1CC[C@H]2/C(=C/C=C3CC(O)C[C@H](O)C3)CCC[C@]12C. The van der Waals surface area contributed by atoms with Crippen LogP contribution in [0.25, 0.3) is 0 Å². The van der Waals surface area contributed by atoms with Crippen LogP contribution in [0.15, 0.2) is 35.5 Å². The first kappa shape index (κ1) is 25.6. The lowest BCUT2D eigenvalue weighted by molar-refractivity contribution is -0.123. The zero-order chi connectivity index (χ0) is 23.7. The van der Waals surface area contributed by atoms with Crippen molar-refractivity contribution < 1.29 is 25.5 Å². The topological polar surface area (TPSA) is 101 Å². The standard InChI is InChI=1S/C27H44O5/c1-18(11-13-27(32,17-28)25(2,3)31)23-9-10-24-20(6-5-12-26(23,24)4)8-7-19-14-21(29)16-22(30)15-19/h7-8,11,13,18,21-24,28-32H,5-6,9-10,12,14-17H2,1-4H3/b13-11+,19-7?,20-8+/t18-,21-,22?,23-,24+,26-,27+/m1/s1. The molecule has 0 saturated heterocycles. The van der Waals surface area contributed by atoms with Gasteiger partial charge in [0.1, 0.15) is 5.60 Å². The van der Waals surface area contributed by atoms with E-state index in [4.69, 9.17) is 0 Å². The molecule has 0 aliphatic heterocycles. The number of aliphatic hydroxyl groups excluding tert-OH is 3.